The predicted octanol–water partition coefficient (Wildman–Crippen LogP) is 0.821. The molecule has 0 amide bonds. The maximum atomic E-state index is 11.6. The predicted molar refractivity (Wildman–Crippen MR) is 89.8 cm³/mol. The third-order valence-electron chi connectivity index (χ3n) is 3.57. The van der Waals surface area contributed by atoms with E-state index in [2.05, 4.69) is 36.4 Å². The third kappa shape index (κ3) is 3.02. The first-order valence-electron chi connectivity index (χ1n) is 6.71. The van der Waals surface area contributed by atoms with Gasteiger partial charge in [-0.05, 0) is 0 Å². The Morgan fingerprint density at radius 2 is 0.714 bits per heavy atom. The second-order valence-electron chi connectivity index (χ2n) is 4.81. The Balaban J connectivity index is 0.00000161. The molecule has 0 bridgehead atoms. The second-order valence-corrected chi connectivity index (χ2v) is 13.8. The van der Waals surface area contributed by atoms with E-state index in [1.54, 1.807) is 0 Å². The van der Waals surface area contributed by atoms with Crippen molar-refractivity contribution in [3.05, 3.63) is 91.0 Å². The van der Waals surface area contributed by atoms with Crippen LogP contribution in [0.4, 0.5) is 0 Å². The molecule has 2 nitrogen and oxygen atoms in total. The molecule has 0 aliphatic rings. The molecular weight excluding hydrogens is 367 g/mol. The van der Waals surface area contributed by atoms with Crippen molar-refractivity contribution in [3.8, 4) is 0 Å². The summed E-state index contributed by atoms with van der Waals surface area (Å²) in [5.74, 6) is 0. The minimum absolute atomic E-state index is 0. The van der Waals surface area contributed by atoms with Gasteiger partial charge in [-0.2, -0.15) is 0 Å². The Bertz CT molecular complexity index is 573. The van der Waals surface area contributed by atoms with Crippen LogP contribution < -0.4 is 10.7 Å². The van der Waals surface area contributed by atoms with E-state index in [-0.39, 0.29) is 5.48 Å². The van der Waals surface area contributed by atoms with Crippen LogP contribution in [0.1, 0.15) is 0 Å². The first kappa shape index (κ1) is 15.8. The van der Waals surface area contributed by atoms with Crippen molar-refractivity contribution in [2.45, 2.75) is 0 Å². The number of hydrogen-bond acceptors (Lipinski definition) is 1. The molecule has 106 valence electrons. The Morgan fingerprint density at radius 3 is 0.952 bits per heavy atom. The molecule has 3 aromatic carbocycles. The van der Waals surface area contributed by atoms with E-state index in [9.17, 15) is 3.44 Å². The van der Waals surface area contributed by atoms with Crippen molar-refractivity contribution < 1.29 is 8.92 Å². The summed E-state index contributed by atoms with van der Waals surface area (Å²) in [5, 5.41) is 0. The van der Waals surface area contributed by atoms with Crippen LogP contribution in [0.15, 0.2) is 91.0 Å². The van der Waals surface area contributed by atoms with E-state index in [4.69, 9.17) is 0 Å². The van der Waals surface area contributed by atoms with Gasteiger partial charge >= 0.3 is 124 Å². The SMILES string of the molecule is O.[OH][Sn]([c]1ccccc1)([c]1ccccc1)[c]1ccccc1. The van der Waals surface area contributed by atoms with Gasteiger partial charge in [-0.1, -0.05) is 0 Å². The van der Waals surface area contributed by atoms with Crippen LogP contribution in [0.3, 0.4) is 0 Å². The first-order chi connectivity index (χ1) is 9.82. The second kappa shape index (κ2) is 6.89. The van der Waals surface area contributed by atoms with Crippen LogP contribution in [0.2, 0.25) is 0 Å². The van der Waals surface area contributed by atoms with Gasteiger partial charge in [0.2, 0.25) is 0 Å². The molecule has 21 heavy (non-hydrogen) atoms. The molecule has 0 spiro atoms. The van der Waals surface area contributed by atoms with Crippen LogP contribution >= 0.6 is 0 Å². The zero-order valence-electron chi connectivity index (χ0n) is 11.6. The molecule has 0 fully saturated rings. The van der Waals surface area contributed by atoms with E-state index in [1.165, 1.54) is 0 Å². The molecule has 0 unspecified atom stereocenters. The number of rotatable bonds is 3. The summed E-state index contributed by atoms with van der Waals surface area (Å²) in [6.07, 6.45) is 0. The fourth-order valence-corrected chi connectivity index (χ4v) is 11.2. The third-order valence-corrected chi connectivity index (χ3v) is 13.6. The molecule has 3 aromatic rings. The molecule has 0 heterocycles. The standard InChI is InChI=1S/3C6H5.2H2O.Sn/c3*1-2-4-6-5-3-1;;;/h3*1-5H;2*1H2;/q;;;;;+1/p-1. The summed E-state index contributed by atoms with van der Waals surface area (Å²) in [4.78, 5) is 0. The monoisotopic (exact) mass is 386 g/mol. The van der Waals surface area contributed by atoms with Crippen LogP contribution in [-0.2, 0) is 0 Å². The maximum absolute atomic E-state index is 11.6. The van der Waals surface area contributed by atoms with Crippen LogP contribution in [0.5, 0.6) is 0 Å². The number of hydrogen-bond donors (Lipinski definition) is 1. The molecule has 0 aliphatic heterocycles. The summed E-state index contributed by atoms with van der Waals surface area (Å²) in [6.45, 7) is 0. The zero-order valence-corrected chi connectivity index (χ0v) is 14.5. The van der Waals surface area contributed by atoms with E-state index < -0.39 is 18.8 Å². The average Bonchev–Trinajstić information content (AvgIpc) is 2.56. The van der Waals surface area contributed by atoms with Gasteiger partial charge in [-0.3, -0.25) is 0 Å². The molecule has 3 rings (SSSR count). The fraction of sp³-hybridized carbons (Fsp3) is 0. The minimum atomic E-state index is -3.78. The van der Waals surface area contributed by atoms with Gasteiger partial charge in [0.1, 0.15) is 0 Å². The van der Waals surface area contributed by atoms with Crippen LogP contribution in [0.25, 0.3) is 0 Å². The fourth-order valence-electron chi connectivity index (χ4n) is 2.54. The summed E-state index contributed by atoms with van der Waals surface area (Å²) in [5.41, 5.74) is 0. The Labute approximate surface area is 129 Å². The normalized spacial score (nSPS) is 10.7. The van der Waals surface area contributed by atoms with Gasteiger partial charge in [-0.15, -0.1) is 0 Å². The van der Waals surface area contributed by atoms with Crippen molar-refractivity contribution in [3.63, 3.8) is 0 Å². The summed E-state index contributed by atoms with van der Waals surface area (Å²) < 4.78 is 14.9. The molecular formula is C18H18O2Sn. The van der Waals surface area contributed by atoms with E-state index in [0.717, 1.165) is 10.7 Å². The molecule has 0 atom stereocenters. The van der Waals surface area contributed by atoms with Gasteiger partial charge < -0.3 is 5.48 Å². The molecule has 0 radical (unpaired) electrons. The Morgan fingerprint density at radius 1 is 0.476 bits per heavy atom. The van der Waals surface area contributed by atoms with Crippen molar-refractivity contribution in [1.29, 1.82) is 0 Å². The first-order valence-corrected chi connectivity index (χ1v) is 12.3. The van der Waals surface area contributed by atoms with E-state index in [1.807, 2.05) is 54.6 Å². The van der Waals surface area contributed by atoms with Gasteiger partial charge in [0.15, 0.2) is 0 Å². The Hall–Kier alpha value is -1.62. The van der Waals surface area contributed by atoms with Crippen LogP contribution in [0, 0.1) is 0 Å². The average molecular weight is 385 g/mol. The quantitative estimate of drug-likeness (QED) is 0.668. The molecule has 0 saturated heterocycles. The zero-order chi connectivity index (χ0) is 13.8. The molecule has 3 N–H and O–H groups in total. The van der Waals surface area contributed by atoms with E-state index in [0.29, 0.717) is 0 Å². The molecule has 0 saturated carbocycles. The van der Waals surface area contributed by atoms with Gasteiger partial charge in [-0.25, -0.2) is 0 Å². The summed E-state index contributed by atoms with van der Waals surface area (Å²) in [7, 11) is 0. The summed E-state index contributed by atoms with van der Waals surface area (Å²) >= 11 is -3.78. The summed E-state index contributed by atoms with van der Waals surface area (Å²) in [6, 6.07) is 30.3. The topological polar surface area (TPSA) is 51.7 Å². The van der Waals surface area contributed by atoms with Gasteiger partial charge in [0.25, 0.3) is 0 Å². The van der Waals surface area contributed by atoms with Crippen molar-refractivity contribution in [2.24, 2.45) is 0 Å². The molecule has 0 aliphatic carbocycles. The van der Waals surface area contributed by atoms with Crippen LogP contribution in [-0.4, -0.2) is 27.7 Å². The van der Waals surface area contributed by atoms with E-state index >= 15 is 0 Å². The van der Waals surface area contributed by atoms with Gasteiger partial charge in [0, 0.05) is 0 Å². The van der Waals surface area contributed by atoms with Crippen molar-refractivity contribution >= 4 is 29.5 Å². The Kier molecular flexibility index (Phi) is 5.17. The van der Waals surface area contributed by atoms with Crippen molar-refractivity contribution in [2.75, 3.05) is 0 Å². The molecule has 3 heteroatoms. The van der Waals surface area contributed by atoms with Crippen molar-refractivity contribution in [1.82, 2.24) is 0 Å². The number of benzene rings is 3. The van der Waals surface area contributed by atoms with Gasteiger partial charge in [0.05, 0.1) is 0 Å². The molecule has 0 aromatic heterocycles.